The van der Waals surface area contributed by atoms with E-state index >= 15 is 0 Å². The molecule has 156 valence electrons. The fourth-order valence-corrected chi connectivity index (χ4v) is 4.01. The van der Waals surface area contributed by atoms with Crippen LogP contribution in [0.3, 0.4) is 0 Å². The van der Waals surface area contributed by atoms with Crippen molar-refractivity contribution in [3.05, 3.63) is 70.5 Å². The van der Waals surface area contributed by atoms with Crippen LogP contribution in [0.1, 0.15) is 38.3 Å². The van der Waals surface area contributed by atoms with Gasteiger partial charge in [-0.25, -0.2) is 4.39 Å². The van der Waals surface area contributed by atoms with Gasteiger partial charge in [-0.2, -0.15) is 0 Å². The van der Waals surface area contributed by atoms with Crippen LogP contribution in [-0.4, -0.2) is 65.1 Å². The van der Waals surface area contributed by atoms with Crippen LogP contribution in [0.25, 0.3) is 0 Å². The predicted molar refractivity (Wildman–Crippen MR) is 109 cm³/mol. The topological polar surface area (TPSA) is 60.9 Å². The molecular weight excluding hydrogens is 385 g/mol. The molecule has 4 rings (SSSR count). The Morgan fingerprint density at radius 3 is 2.43 bits per heavy atom. The number of halogens is 1. The van der Waals surface area contributed by atoms with Gasteiger partial charge >= 0.3 is 0 Å². The Kier molecular flexibility index (Phi) is 5.63. The van der Waals surface area contributed by atoms with Gasteiger partial charge in [0.15, 0.2) is 0 Å². The zero-order chi connectivity index (χ0) is 21.3. The van der Waals surface area contributed by atoms with Crippen LogP contribution >= 0.6 is 0 Å². The van der Waals surface area contributed by atoms with E-state index in [1.165, 1.54) is 12.1 Å². The van der Waals surface area contributed by atoms with E-state index in [1.807, 2.05) is 6.92 Å². The van der Waals surface area contributed by atoms with Gasteiger partial charge in [-0.15, -0.1) is 0 Å². The van der Waals surface area contributed by atoms with Crippen LogP contribution in [0.5, 0.6) is 0 Å². The molecular formula is C23H24FN3O3. The van der Waals surface area contributed by atoms with Crippen LogP contribution in [0, 0.1) is 12.7 Å². The summed E-state index contributed by atoms with van der Waals surface area (Å²) < 4.78 is 13.1. The number of imide groups is 1. The maximum atomic E-state index is 13.1. The molecule has 2 heterocycles. The molecule has 0 aromatic heterocycles. The van der Waals surface area contributed by atoms with Crippen molar-refractivity contribution in [1.29, 1.82) is 0 Å². The highest BCUT2D eigenvalue weighted by Crippen LogP contribution is 2.24. The second kappa shape index (κ2) is 8.36. The van der Waals surface area contributed by atoms with E-state index in [1.54, 1.807) is 35.2 Å². The second-order valence-electron chi connectivity index (χ2n) is 7.88. The molecule has 0 radical (unpaired) electrons. The second-order valence-corrected chi connectivity index (χ2v) is 7.88. The lowest BCUT2D eigenvalue weighted by Gasteiger charge is -2.24. The molecule has 0 atom stereocenters. The van der Waals surface area contributed by atoms with Crippen molar-refractivity contribution in [1.82, 2.24) is 14.7 Å². The number of carbonyl (C=O) groups excluding carboxylic acids is 3. The molecule has 30 heavy (non-hydrogen) atoms. The fourth-order valence-electron chi connectivity index (χ4n) is 4.01. The van der Waals surface area contributed by atoms with Crippen LogP contribution in [-0.2, 0) is 11.3 Å². The van der Waals surface area contributed by atoms with Gasteiger partial charge in [0, 0.05) is 32.7 Å². The molecule has 0 spiro atoms. The number of hydrogen-bond donors (Lipinski definition) is 0. The molecule has 0 aliphatic carbocycles. The largest absolute Gasteiger partial charge is 0.340 e. The Hall–Kier alpha value is -3.06. The molecule has 0 N–H and O–H groups in total. The van der Waals surface area contributed by atoms with E-state index in [9.17, 15) is 18.8 Å². The highest BCUT2D eigenvalue weighted by molar-refractivity contribution is 6.22. The van der Waals surface area contributed by atoms with E-state index < -0.39 is 11.8 Å². The molecule has 1 saturated heterocycles. The maximum absolute atomic E-state index is 13.1. The number of rotatable bonds is 4. The normalized spacial score (nSPS) is 17.3. The van der Waals surface area contributed by atoms with E-state index in [-0.39, 0.29) is 18.3 Å². The van der Waals surface area contributed by atoms with Crippen molar-refractivity contribution < 1.29 is 18.8 Å². The van der Waals surface area contributed by atoms with E-state index in [0.717, 1.165) is 29.0 Å². The standard InChI is InChI=1S/C23H24FN3O3/c1-16-3-8-19-20(13-16)23(30)27(22(19)29)15-21(28)26-10-2-9-25(11-12-26)14-17-4-6-18(24)7-5-17/h3-8,13H,2,9-12,14-15H2,1H3. The zero-order valence-electron chi connectivity index (χ0n) is 16.9. The summed E-state index contributed by atoms with van der Waals surface area (Å²) in [7, 11) is 0. The lowest BCUT2D eigenvalue weighted by Crippen LogP contribution is -2.44. The Labute approximate surface area is 174 Å². The first-order chi connectivity index (χ1) is 14.4. The van der Waals surface area contributed by atoms with Crippen molar-refractivity contribution in [2.75, 3.05) is 32.7 Å². The highest BCUT2D eigenvalue weighted by atomic mass is 19.1. The van der Waals surface area contributed by atoms with Gasteiger partial charge in [-0.05, 0) is 43.2 Å². The predicted octanol–water partition coefficient (Wildman–Crippen LogP) is 2.46. The molecule has 0 saturated carbocycles. The molecule has 2 aliphatic heterocycles. The summed E-state index contributed by atoms with van der Waals surface area (Å²) in [5, 5.41) is 0. The molecule has 6 nitrogen and oxygen atoms in total. The van der Waals surface area contributed by atoms with Gasteiger partial charge in [0.2, 0.25) is 5.91 Å². The number of amides is 3. The zero-order valence-corrected chi connectivity index (χ0v) is 16.9. The van der Waals surface area contributed by atoms with Crippen molar-refractivity contribution in [2.24, 2.45) is 0 Å². The molecule has 2 aromatic rings. The SMILES string of the molecule is Cc1ccc2c(c1)C(=O)N(CC(=O)N1CCCN(Cc3ccc(F)cc3)CC1)C2=O. The van der Waals surface area contributed by atoms with Crippen molar-refractivity contribution in [3.63, 3.8) is 0 Å². The lowest BCUT2D eigenvalue weighted by molar-refractivity contribution is -0.131. The smallest absolute Gasteiger partial charge is 0.262 e. The summed E-state index contributed by atoms with van der Waals surface area (Å²) in [6, 6.07) is 11.6. The van der Waals surface area contributed by atoms with Crippen molar-refractivity contribution in [2.45, 2.75) is 19.9 Å². The van der Waals surface area contributed by atoms with Gasteiger partial charge in [0.05, 0.1) is 11.1 Å². The first-order valence-corrected chi connectivity index (χ1v) is 10.1. The van der Waals surface area contributed by atoms with Crippen LogP contribution in [0.2, 0.25) is 0 Å². The molecule has 1 fully saturated rings. The monoisotopic (exact) mass is 409 g/mol. The molecule has 3 amide bonds. The summed E-state index contributed by atoms with van der Waals surface area (Å²) in [5.41, 5.74) is 2.66. The number of nitrogens with zero attached hydrogens (tertiary/aromatic N) is 3. The highest BCUT2D eigenvalue weighted by Gasteiger charge is 2.37. The first-order valence-electron chi connectivity index (χ1n) is 10.1. The summed E-state index contributed by atoms with van der Waals surface area (Å²) in [6.45, 7) is 4.95. The number of carbonyl (C=O) groups is 3. The molecule has 2 aliphatic rings. The minimum Gasteiger partial charge on any atom is -0.340 e. The van der Waals surface area contributed by atoms with Crippen LogP contribution in [0.15, 0.2) is 42.5 Å². The molecule has 0 unspecified atom stereocenters. The van der Waals surface area contributed by atoms with Crippen LogP contribution in [0.4, 0.5) is 4.39 Å². The Morgan fingerprint density at radius 1 is 0.933 bits per heavy atom. The quantitative estimate of drug-likeness (QED) is 0.728. The third-order valence-electron chi connectivity index (χ3n) is 5.68. The molecule has 2 aromatic carbocycles. The van der Waals surface area contributed by atoms with E-state index in [2.05, 4.69) is 4.90 Å². The number of hydrogen-bond acceptors (Lipinski definition) is 4. The average molecular weight is 409 g/mol. The van der Waals surface area contributed by atoms with Gasteiger partial charge in [-0.1, -0.05) is 23.8 Å². The van der Waals surface area contributed by atoms with E-state index in [4.69, 9.17) is 0 Å². The minimum absolute atomic E-state index is 0.218. The summed E-state index contributed by atoms with van der Waals surface area (Å²) in [5.74, 6) is -1.28. The fraction of sp³-hybridized carbons (Fsp3) is 0.348. The first kappa shape index (κ1) is 20.2. The summed E-state index contributed by atoms with van der Waals surface area (Å²) >= 11 is 0. The van der Waals surface area contributed by atoms with Gasteiger partial charge < -0.3 is 4.90 Å². The molecule has 0 bridgehead atoms. The Bertz CT molecular complexity index is 990. The number of benzene rings is 2. The lowest BCUT2D eigenvalue weighted by atomic mass is 10.1. The third kappa shape index (κ3) is 4.11. The number of aryl methyl sites for hydroxylation is 1. The van der Waals surface area contributed by atoms with Crippen molar-refractivity contribution >= 4 is 17.7 Å². The van der Waals surface area contributed by atoms with Gasteiger partial charge in [-0.3, -0.25) is 24.2 Å². The average Bonchev–Trinajstić information content (AvgIpc) is 2.89. The minimum atomic E-state index is -0.406. The Balaban J connectivity index is 1.36. The number of fused-ring (bicyclic) bond motifs is 1. The summed E-state index contributed by atoms with van der Waals surface area (Å²) in [6.07, 6.45) is 0.800. The van der Waals surface area contributed by atoms with Crippen LogP contribution < -0.4 is 0 Å². The third-order valence-corrected chi connectivity index (χ3v) is 5.68. The molecule has 7 heteroatoms. The van der Waals surface area contributed by atoms with E-state index in [0.29, 0.717) is 37.3 Å². The maximum Gasteiger partial charge on any atom is 0.262 e. The van der Waals surface area contributed by atoms with Gasteiger partial charge in [0.25, 0.3) is 11.8 Å². The van der Waals surface area contributed by atoms with Crippen molar-refractivity contribution in [3.8, 4) is 0 Å². The summed E-state index contributed by atoms with van der Waals surface area (Å²) in [4.78, 5) is 43.0. The Morgan fingerprint density at radius 2 is 1.67 bits per heavy atom. The van der Waals surface area contributed by atoms with Gasteiger partial charge in [0.1, 0.15) is 12.4 Å².